The van der Waals surface area contributed by atoms with Gasteiger partial charge in [-0.05, 0) is 39.3 Å². The van der Waals surface area contributed by atoms with Gasteiger partial charge in [0.1, 0.15) is 31.0 Å². The van der Waals surface area contributed by atoms with Crippen LogP contribution in [0.4, 0.5) is 0 Å². The molecule has 0 radical (unpaired) electrons. The molecule has 3 aliphatic rings. The standard InChI is InChI=1S/C20H26O8/c1-19(2)25-14-13(10-23-17(22)12-8-6-5-7-11(12)9-21)24-18-16(15(14)26-19)27-20(3,4)28-18/h5-8,13-16,18,21H,9-10H2,1-4H3/t13-,14+,15+,16-,18-/m1/s1. The number of hydrogen-bond donors (Lipinski definition) is 1. The van der Waals surface area contributed by atoms with E-state index in [-0.39, 0.29) is 13.2 Å². The number of benzene rings is 1. The highest BCUT2D eigenvalue weighted by molar-refractivity contribution is 5.91. The van der Waals surface area contributed by atoms with Gasteiger partial charge in [0.25, 0.3) is 0 Å². The first-order valence-corrected chi connectivity index (χ1v) is 9.42. The summed E-state index contributed by atoms with van der Waals surface area (Å²) >= 11 is 0. The van der Waals surface area contributed by atoms with Crippen molar-refractivity contribution in [2.45, 2.75) is 76.6 Å². The molecule has 3 fully saturated rings. The summed E-state index contributed by atoms with van der Waals surface area (Å²) in [6, 6.07) is 6.76. The highest BCUT2D eigenvalue weighted by Crippen LogP contribution is 2.44. The number of ether oxygens (including phenoxy) is 6. The van der Waals surface area contributed by atoms with E-state index in [0.29, 0.717) is 11.1 Å². The Morgan fingerprint density at radius 1 is 1.00 bits per heavy atom. The van der Waals surface area contributed by atoms with E-state index in [9.17, 15) is 9.90 Å². The monoisotopic (exact) mass is 394 g/mol. The summed E-state index contributed by atoms with van der Waals surface area (Å²) < 4.78 is 35.3. The molecule has 3 saturated heterocycles. The van der Waals surface area contributed by atoms with Crippen molar-refractivity contribution < 1.29 is 38.3 Å². The van der Waals surface area contributed by atoms with Crippen LogP contribution in [0.5, 0.6) is 0 Å². The van der Waals surface area contributed by atoms with Crippen LogP contribution in [0.1, 0.15) is 43.6 Å². The lowest BCUT2D eigenvalue weighted by Crippen LogP contribution is -2.56. The van der Waals surface area contributed by atoms with Crippen LogP contribution >= 0.6 is 0 Å². The first-order chi connectivity index (χ1) is 13.2. The Labute approximate surface area is 163 Å². The van der Waals surface area contributed by atoms with Crippen LogP contribution in [0.2, 0.25) is 0 Å². The molecule has 5 atom stereocenters. The van der Waals surface area contributed by atoms with E-state index in [0.717, 1.165) is 0 Å². The van der Waals surface area contributed by atoms with Crippen molar-refractivity contribution in [3.8, 4) is 0 Å². The summed E-state index contributed by atoms with van der Waals surface area (Å²) in [5, 5.41) is 9.42. The van der Waals surface area contributed by atoms with Gasteiger partial charge in [0, 0.05) is 0 Å². The first-order valence-electron chi connectivity index (χ1n) is 9.42. The molecule has 154 valence electrons. The SMILES string of the molecule is CC1(C)O[C@H]2[C@@H](O1)[C@@H](COC(=O)c1ccccc1CO)O[C@@H]1OC(C)(C)O[C@@H]12. The van der Waals surface area contributed by atoms with Gasteiger partial charge in [0.2, 0.25) is 0 Å². The molecule has 8 nitrogen and oxygen atoms in total. The van der Waals surface area contributed by atoms with E-state index in [4.69, 9.17) is 28.4 Å². The molecule has 8 heteroatoms. The van der Waals surface area contributed by atoms with Gasteiger partial charge < -0.3 is 33.5 Å². The maximum atomic E-state index is 12.5. The van der Waals surface area contributed by atoms with Crippen molar-refractivity contribution in [1.82, 2.24) is 0 Å². The van der Waals surface area contributed by atoms with E-state index < -0.39 is 48.2 Å². The van der Waals surface area contributed by atoms with E-state index in [1.807, 2.05) is 27.7 Å². The van der Waals surface area contributed by atoms with Crippen molar-refractivity contribution in [3.05, 3.63) is 35.4 Å². The highest BCUT2D eigenvalue weighted by Gasteiger charge is 2.60. The number of esters is 1. The average Bonchev–Trinajstić information content (AvgIpc) is 3.13. The van der Waals surface area contributed by atoms with Crippen LogP contribution in [-0.2, 0) is 35.0 Å². The smallest absolute Gasteiger partial charge is 0.338 e. The summed E-state index contributed by atoms with van der Waals surface area (Å²) in [5.41, 5.74) is 0.826. The third-order valence-corrected chi connectivity index (χ3v) is 5.04. The molecule has 0 amide bonds. The second-order valence-electron chi connectivity index (χ2n) is 8.12. The molecule has 0 saturated carbocycles. The zero-order valence-corrected chi connectivity index (χ0v) is 16.4. The molecule has 0 spiro atoms. The maximum Gasteiger partial charge on any atom is 0.338 e. The minimum atomic E-state index is -0.810. The van der Waals surface area contributed by atoms with Crippen molar-refractivity contribution in [1.29, 1.82) is 0 Å². The lowest BCUT2D eigenvalue weighted by atomic mass is 9.99. The van der Waals surface area contributed by atoms with Gasteiger partial charge in [-0.2, -0.15) is 0 Å². The zero-order valence-electron chi connectivity index (χ0n) is 16.4. The molecular weight excluding hydrogens is 368 g/mol. The number of carbonyl (C=O) groups is 1. The second kappa shape index (κ2) is 7.05. The highest BCUT2D eigenvalue weighted by atomic mass is 16.9. The quantitative estimate of drug-likeness (QED) is 0.772. The van der Waals surface area contributed by atoms with Crippen molar-refractivity contribution in [3.63, 3.8) is 0 Å². The fraction of sp³-hybridized carbons (Fsp3) is 0.650. The molecule has 0 bridgehead atoms. The van der Waals surface area contributed by atoms with Crippen LogP contribution < -0.4 is 0 Å². The lowest BCUT2D eigenvalue weighted by molar-refractivity contribution is -0.240. The minimum absolute atomic E-state index is 0.0355. The van der Waals surface area contributed by atoms with Crippen LogP contribution in [0.3, 0.4) is 0 Å². The van der Waals surface area contributed by atoms with Crippen LogP contribution in [0.15, 0.2) is 24.3 Å². The fourth-order valence-corrected chi connectivity index (χ4v) is 3.92. The van der Waals surface area contributed by atoms with E-state index in [1.54, 1.807) is 24.3 Å². The summed E-state index contributed by atoms with van der Waals surface area (Å²) in [5.74, 6) is -2.15. The van der Waals surface area contributed by atoms with Crippen molar-refractivity contribution in [2.75, 3.05) is 6.61 Å². The normalized spacial score (nSPS) is 35.2. The third kappa shape index (κ3) is 3.68. The van der Waals surface area contributed by atoms with Gasteiger partial charge in [0.05, 0.1) is 12.2 Å². The average molecular weight is 394 g/mol. The third-order valence-electron chi connectivity index (χ3n) is 5.04. The van der Waals surface area contributed by atoms with Gasteiger partial charge in [0.15, 0.2) is 17.9 Å². The Morgan fingerprint density at radius 3 is 2.39 bits per heavy atom. The number of fused-ring (bicyclic) bond motifs is 3. The van der Waals surface area contributed by atoms with Crippen molar-refractivity contribution >= 4 is 5.97 Å². The van der Waals surface area contributed by atoms with Crippen LogP contribution in [-0.4, -0.2) is 60.0 Å². The van der Waals surface area contributed by atoms with Crippen LogP contribution in [0.25, 0.3) is 0 Å². The van der Waals surface area contributed by atoms with Crippen LogP contribution in [0, 0.1) is 0 Å². The molecule has 1 N–H and O–H groups in total. The predicted octanol–water partition coefficient (Wildman–Crippen LogP) is 1.73. The summed E-state index contributed by atoms with van der Waals surface area (Å²) in [4.78, 5) is 12.5. The number of rotatable bonds is 4. The van der Waals surface area contributed by atoms with Gasteiger partial charge in [-0.3, -0.25) is 0 Å². The summed E-state index contributed by atoms with van der Waals surface area (Å²) in [7, 11) is 0. The largest absolute Gasteiger partial charge is 0.459 e. The zero-order chi connectivity index (χ0) is 20.1. The Morgan fingerprint density at radius 2 is 1.64 bits per heavy atom. The molecule has 0 aliphatic carbocycles. The Hall–Kier alpha value is -1.55. The minimum Gasteiger partial charge on any atom is -0.459 e. The summed E-state index contributed by atoms with van der Waals surface area (Å²) in [6.45, 7) is 6.98. The predicted molar refractivity (Wildman–Crippen MR) is 95.2 cm³/mol. The summed E-state index contributed by atoms with van der Waals surface area (Å²) in [6.07, 6.45) is -2.50. The van der Waals surface area contributed by atoms with Gasteiger partial charge in [-0.1, -0.05) is 18.2 Å². The molecule has 28 heavy (non-hydrogen) atoms. The lowest BCUT2D eigenvalue weighted by Gasteiger charge is -2.36. The van der Waals surface area contributed by atoms with E-state index in [2.05, 4.69) is 0 Å². The molecule has 0 unspecified atom stereocenters. The Bertz CT molecular complexity index is 745. The van der Waals surface area contributed by atoms with E-state index >= 15 is 0 Å². The first kappa shape index (κ1) is 19.8. The molecular formula is C20H26O8. The molecule has 3 heterocycles. The molecule has 3 aliphatic heterocycles. The van der Waals surface area contributed by atoms with Gasteiger partial charge in [-0.15, -0.1) is 0 Å². The number of carbonyl (C=O) groups excluding carboxylic acids is 1. The van der Waals surface area contributed by atoms with E-state index in [1.165, 1.54) is 0 Å². The van der Waals surface area contributed by atoms with Crippen molar-refractivity contribution in [2.24, 2.45) is 0 Å². The molecule has 1 aromatic carbocycles. The second-order valence-corrected chi connectivity index (χ2v) is 8.12. The molecule has 0 aromatic heterocycles. The number of aliphatic hydroxyl groups is 1. The van der Waals surface area contributed by atoms with Gasteiger partial charge >= 0.3 is 5.97 Å². The Kier molecular flexibility index (Phi) is 4.97. The fourth-order valence-electron chi connectivity index (χ4n) is 3.92. The number of hydrogen-bond acceptors (Lipinski definition) is 8. The van der Waals surface area contributed by atoms with Gasteiger partial charge in [-0.25, -0.2) is 4.79 Å². The number of aliphatic hydroxyl groups excluding tert-OH is 1. The Balaban J connectivity index is 1.49. The topological polar surface area (TPSA) is 92.7 Å². The molecule has 4 rings (SSSR count). The maximum absolute atomic E-state index is 12.5. The molecule has 1 aromatic rings.